The van der Waals surface area contributed by atoms with Crippen LogP contribution in [0.4, 0.5) is 0 Å². The Morgan fingerprint density at radius 1 is 0.962 bits per heavy atom. The number of rotatable bonds is 5. The first-order chi connectivity index (χ1) is 12.4. The molecule has 0 aliphatic carbocycles. The molecule has 0 bridgehead atoms. The van der Waals surface area contributed by atoms with E-state index in [1.165, 1.54) is 10.4 Å². The molecule has 1 heterocycles. The van der Waals surface area contributed by atoms with Gasteiger partial charge >= 0.3 is 0 Å². The van der Waals surface area contributed by atoms with Crippen molar-refractivity contribution in [1.29, 1.82) is 0 Å². The van der Waals surface area contributed by atoms with Crippen LogP contribution in [0.15, 0.2) is 60.7 Å². The number of aliphatic hydroxyl groups is 2. The third-order valence-electron chi connectivity index (χ3n) is 5.14. The lowest BCUT2D eigenvalue weighted by atomic mass is 10.2. The molecule has 4 nitrogen and oxygen atoms in total. The van der Waals surface area contributed by atoms with Crippen molar-refractivity contribution in [3.63, 3.8) is 0 Å². The van der Waals surface area contributed by atoms with Gasteiger partial charge in [0.1, 0.15) is 18.3 Å². The summed E-state index contributed by atoms with van der Waals surface area (Å²) in [5, 5.41) is 22.2. The minimum Gasteiger partial charge on any atom is -0.405 e. The van der Waals surface area contributed by atoms with Crippen molar-refractivity contribution in [2.24, 2.45) is 0 Å². The smallest absolute Gasteiger partial charge is 0.261 e. The Hall–Kier alpha value is -1.50. The number of ether oxygens (including phenoxy) is 1. The van der Waals surface area contributed by atoms with E-state index in [0.717, 1.165) is 0 Å². The molecule has 0 amide bonds. The van der Waals surface area contributed by atoms with Gasteiger partial charge in [0.05, 0.1) is 13.2 Å². The van der Waals surface area contributed by atoms with E-state index in [1.807, 2.05) is 36.4 Å². The summed E-state index contributed by atoms with van der Waals surface area (Å²) in [4.78, 5) is 0. The molecule has 0 radical (unpaired) electrons. The van der Waals surface area contributed by atoms with Crippen molar-refractivity contribution in [3.8, 4) is 0 Å². The Bertz CT molecular complexity index is 659. The summed E-state index contributed by atoms with van der Waals surface area (Å²) < 4.78 is 12.3. The summed E-state index contributed by atoms with van der Waals surface area (Å²) in [7, 11) is -2.64. The largest absolute Gasteiger partial charge is 0.405 e. The van der Waals surface area contributed by atoms with Crippen LogP contribution in [0.1, 0.15) is 20.8 Å². The Kier molecular flexibility index (Phi) is 5.65. The molecule has 2 N–H and O–H groups in total. The minimum absolute atomic E-state index is 0.127. The number of hydrogen-bond donors (Lipinski definition) is 2. The first-order valence-electron chi connectivity index (χ1n) is 9.09. The Morgan fingerprint density at radius 3 is 1.85 bits per heavy atom. The molecule has 0 saturated carbocycles. The second-order valence-electron chi connectivity index (χ2n) is 7.90. The monoisotopic (exact) mass is 372 g/mol. The molecule has 140 valence electrons. The van der Waals surface area contributed by atoms with Gasteiger partial charge in [-0.15, -0.1) is 0 Å². The van der Waals surface area contributed by atoms with Crippen molar-refractivity contribution in [3.05, 3.63) is 60.7 Å². The van der Waals surface area contributed by atoms with Crippen LogP contribution in [0.2, 0.25) is 5.04 Å². The standard InChI is InChI=1S/C21H28O4Si/c1-21(2,3)26(16-10-6-4-7-11-16,17-12-8-5-9-13-17)25-15-19-20(23)18(22)14-24-19/h4-13,18-20,22-23H,14-15H2,1-3H3/t18-,19+,20-/m0/s1. The van der Waals surface area contributed by atoms with Crippen molar-refractivity contribution >= 4 is 18.7 Å². The molecule has 0 spiro atoms. The predicted octanol–water partition coefficient (Wildman–Crippen LogP) is 1.68. The molecular formula is C21H28O4Si. The zero-order valence-electron chi connectivity index (χ0n) is 15.6. The van der Waals surface area contributed by atoms with Gasteiger partial charge in [0.25, 0.3) is 8.32 Å². The SMILES string of the molecule is CC(C)(C)[Si](OC[C@H]1OC[C@H](O)[C@@H]1O)(c1ccccc1)c1ccccc1. The maximum absolute atomic E-state index is 10.2. The van der Waals surface area contributed by atoms with E-state index in [-0.39, 0.29) is 18.3 Å². The molecule has 1 aliphatic heterocycles. The van der Waals surface area contributed by atoms with Gasteiger partial charge < -0.3 is 19.4 Å². The number of aliphatic hydroxyl groups excluding tert-OH is 2. The average Bonchev–Trinajstić information content (AvgIpc) is 2.95. The molecule has 3 rings (SSSR count). The topological polar surface area (TPSA) is 58.9 Å². The van der Waals surface area contributed by atoms with Gasteiger partial charge in [0.15, 0.2) is 0 Å². The van der Waals surface area contributed by atoms with E-state index >= 15 is 0 Å². The van der Waals surface area contributed by atoms with Gasteiger partial charge in [-0.25, -0.2) is 0 Å². The van der Waals surface area contributed by atoms with E-state index in [1.54, 1.807) is 0 Å². The van der Waals surface area contributed by atoms with E-state index in [0.29, 0.717) is 0 Å². The van der Waals surface area contributed by atoms with Crippen molar-refractivity contribution in [2.45, 2.75) is 44.1 Å². The summed E-state index contributed by atoms with van der Waals surface area (Å²) in [5.41, 5.74) is 0. The Morgan fingerprint density at radius 2 is 1.46 bits per heavy atom. The molecule has 2 aromatic rings. The van der Waals surface area contributed by atoms with Crippen LogP contribution < -0.4 is 10.4 Å². The Labute approximate surface area is 156 Å². The zero-order chi connectivity index (χ0) is 18.8. The van der Waals surface area contributed by atoms with Crippen molar-refractivity contribution in [1.82, 2.24) is 0 Å². The summed E-state index contributed by atoms with van der Waals surface area (Å²) in [5.74, 6) is 0. The fourth-order valence-corrected chi connectivity index (χ4v) is 8.35. The maximum atomic E-state index is 10.2. The highest BCUT2D eigenvalue weighted by molar-refractivity contribution is 6.99. The second-order valence-corrected chi connectivity index (χ2v) is 12.2. The lowest BCUT2D eigenvalue weighted by Crippen LogP contribution is -2.67. The first-order valence-corrected chi connectivity index (χ1v) is 11.0. The molecule has 3 atom stereocenters. The van der Waals surface area contributed by atoms with Crippen LogP contribution in [-0.4, -0.2) is 50.1 Å². The van der Waals surface area contributed by atoms with E-state index in [9.17, 15) is 10.2 Å². The van der Waals surface area contributed by atoms with E-state index < -0.39 is 26.6 Å². The summed E-state index contributed by atoms with van der Waals surface area (Å²) >= 11 is 0. The van der Waals surface area contributed by atoms with Gasteiger partial charge in [0, 0.05) is 0 Å². The molecule has 1 aliphatic rings. The van der Waals surface area contributed by atoms with Gasteiger partial charge in [0.2, 0.25) is 0 Å². The van der Waals surface area contributed by atoms with E-state index in [4.69, 9.17) is 9.16 Å². The molecule has 1 saturated heterocycles. The first kappa shape index (κ1) is 19.3. The minimum atomic E-state index is -2.64. The Balaban J connectivity index is 2.03. The summed E-state index contributed by atoms with van der Waals surface area (Å²) in [6, 6.07) is 20.7. The molecule has 0 aromatic heterocycles. The molecule has 2 aromatic carbocycles. The lowest BCUT2D eigenvalue weighted by Gasteiger charge is -2.43. The fraction of sp³-hybridized carbons (Fsp3) is 0.429. The van der Waals surface area contributed by atoms with Gasteiger partial charge in [-0.05, 0) is 15.4 Å². The van der Waals surface area contributed by atoms with Crippen LogP contribution in [0.25, 0.3) is 0 Å². The summed E-state index contributed by atoms with van der Waals surface area (Å²) in [6.45, 7) is 7.03. The predicted molar refractivity (Wildman–Crippen MR) is 105 cm³/mol. The van der Waals surface area contributed by atoms with Gasteiger partial charge in [-0.2, -0.15) is 0 Å². The van der Waals surface area contributed by atoms with Crippen LogP contribution in [0.3, 0.4) is 0 Å². The fourth-order valence-electron chi connectivity index (χ4n) is 3.78. The van der Waals surface area contributed by atoms with Gasteiger partial charge in [-0.3, -0.25) is 0 Å². The van der Waals surface area contributed by atoms with E-state index in [2.05, 4.69) is 45.0 Å². The van der Waals surface area contributed by atoms with Crippen molar-refractivity contribution in [2.75, 3.05) is 13.2 Å². The van der Waals surface area contributed by atoms with Crippen LogP contribution in [0.5, 0.6) is 0 Å². The number of benzene rings is 2. The van der Waals surface area contributed by atoms with Crippen LogP contribution in [0, 0.1) is 0 Å². The molecule has 26 heavy (non-hydrogen) atoms. The molecule has 0 unspecified atom stereocenters. The van der Waals surface area contributed by atoms with Gasteiger partial charge in [-0.1, -0.05) is 81.4 Å². The highest BCUT2D eigenvalue weighted by Crippen LogP contribution is 2.37. The van der Waals surface area contributed by atoms with Crippen molar-refractivity contribution < 1.29 is 19.4 Å². The number of hydrogen-bond acceptors (Lipinski definition) is 4. The summed E-state index contributed by atoms with van der Waals surface area (Å²) in [6.07, 6.45) is -2.26. The molecule has 5 heteroatoms. The highest BCUT2D eigenvalue weighted by Gasteiger charge is 2.51. The lowest BCUT2D eigenvalue weighted by molar-refractivity contribution is -0.00215. The quantitative estimate of drug-likeness (QED) is 0.784. The third kappa shape index (κ3) is 3.50. The second kappa shape index (κ2) is 7.62. The molecule has 1 fully saturated rings. The molecular weight excluding hydrogens is 344 g/mol. The maximum Gasteiger partial charge on any atom is 0.261 e. The third-order valence-corrected chi connectivity index (χ3v) is 10.1. The van der Waals surface area contributed by atoms with Crippen LogP contribution in [-0.2, 0) is 9.16 Å². The normalized spacial score (nSPS) is 24.0. The zero-order valence-corrected chi connectivity index (χ0v) is 16.6. The highest BCUT2D eigenvalue weighted by atomic mass is 28.4. The van der Waals surface area contributed by atoms with Crippen LogP contribution >= 0.6 is 0 Å². The average molecular weight is 373 g/mol.